The molecule has 2 aromatic carbocycles. The number of nitrogens with one attached hydrogen (secondary N) is 1. The van der Waals surface area contributed by atoms with E-state index in [1.54, 1.807) is 6.07 Å². The van der Waals surface area contributed by atoms with Crippen molar-refractivity contribution in [1.82, 2.24) is 4.98 Å². The number of alkyl halides is 2. The smallest absolute Gasteiger partial charge is 0.387 e. The van der Waals surface area contributed by atoms with Crippen molar-refractivity contribution in [2.24, 2.45) is 0 Å². The van der Waals surface area contributed by atoms with E-state index in [4.69, 9.17) is 4.74 Å². The lowest BCUT2D eigenvalue weighted by Crippen LogP contribution is -2.25. The van der Waals surface area contributed by atoms with E-state index >= 15 is 0 Å². The van der Waals surface area contributed by atoms with Gasteiger partial charge in [-0.15, -0.1) is 0 Å². The second kappa shape index (κ2) is 9.59. The molecule has 0 spiro atoms. The zero-order valence-electron chi connectivity index (χ0n) is 17.1. The topological polar surface area (TPSA) is 80.8 Å². The van der Waals surface area contributed by atoms with Crippen LogP contribution in [0.2, 0.25) is 0 Å². The largest absolute Gasteiger partial charge is 0.452 e. The highest BCUT2D eigenvalue weighted by Crippen LogP contribution is 2.27. The van der Waals surface area contributed by atoms with Crippen molar-refractivity contribution in [3.05, 3.63) is 60.2 Å². The summed E-state index contributed by atoms with van der Waals surface area (Å²) in [7, 11) is 0. The molecule has 2 heterocycles. The summed E-state index contributed by atoms with van der Waals surface area (Å²) in [4.78, 5) is 31.7. The van der Waals surface area contributed by atoms with Gasteiger partial charge < -0.3 is 19.7 Å². The number of para-hydroxylation sites is 1. The SMILES string of the molecule is O=C(COC(=O)c1cc2ccccc2nc1N1CCCC1)Nc1ccc(OC(F)F)cc1. The first-order valence-electron chi connectivity index (χ1n) is 10.2. The number of ether oxygens (including phenoxy) is 2. The first-order chi connectivity index (χ1) is 15.5. The number of hydrogen-bond acceptors (Lipinski definition) is 6. The molecule has 32 heavy (non-hydrogen) atoms. The number of benzene rings is 2. The predicted molar refractivity (Wildman–Crippen MR) is 115 cm³/mol. The zero-order chi connectivity index (χ0) is 22.5. The number of hydrogen-bond donors (Lipinski definition) is 1. The molecule has 1 saturated heterocycles. The molecular weight excluding hydrogens is 420 g/mol. The normalized spacial score (nSPS) is 13.4. The van der Waals surface area contributed by atoms with E-state index < -0.39 is 25.1 Å². The Hall–Kier alpha value is -3.75. The summed E-state index contributed by atoms with van der Waals surface area (Å²) in [5, 5.41) is 3.35. The fraction of sp³-hybridized carbons (Fsp3) is 0.261. The number of fused-ring (bicyclic) bond motifs is 1. The van der Waals surface area contributed by atoms with Crippen LogP contribution in [0.5, 0.6) is 5.75 Å². The summed E-state index contributed by atoms with van der Waals surface area (Å²) in [6, 6.07) is 14.7. The number of esters is 1. The molecule has 0 unspecified atom stereocenters. The van der Waals surface area contributed by atoms with E-state index in [9.17, 15) is 18.4 Å². The van der Waals surface area contributed by atoms with E-state index in [1.807, 2.05) is 29.2 Å². The molecule has 0 radical (unpaired) electrons. The quantitative estimate of drug-likeness (QED) is 0.553. The fourth-order valence-electron chi connectivity index (χ4n) is 3.55. The van der Waals surface area contributed by atoms with Crippen LogP contribution in [0.1, 0.15) is 23.2 Å². The van der Waals surface area contributed by atoms with Crippen LogP contribution in [0.15, 0.2) is 54.6 Å². The number of anilines is 2. The molecule has 3 aromatic rings. The third-order valence-corrected chi connectivity index (χ3v) is 5.03. The number of nitrogens with zero attached hydrogens (tertiary/aromatic N) is 2. The number of carbonyl (C=O) groups excluding carboxylic acids is 2. The number of pyridine rings is 1. The predicted octanol–water partition coefficient (Wildman–Crippen LogP) is 4.23. The highest BCUT2D eigenvalue weighted by atomic mass is 19.3. The van der Waals surface area contributed by atoms with Gasteiger partial charge in [-0.05, 0) is 49.2 Å². The minimum atomic E-state index is -2.93. The van der Waals surface area contributed by atoms with Crippen molar-refractivity contribution < 1.29 is 27.8 Å². The standard InChI is InChI=1S/C23H21F2N3O4/c24-23(25)32-17-9-7-16(8-10-17)26-20(29)14-31-22(30)18-13-15-5-1-2-6-19(15)27-21(18)28-11-3-4-12-28/h1-2,5-10,13,23H,3-4,11-12,14H2,(H,26,29). The highest BCUT2D eigenvalue weighted by molar-refractivity contribution is 6.01. The van der Waals surface area contributed by atoms with Gasteiger partial charge in [0.25, 0.3) is 5.91 Å². The summed E-state index contributed by atoms with van der Waals surface area (Å²) < 4.78 is 33.9. The Morgan fingerprint density at radius 2 is 1.78 bits per heavy atom. The molecule has 9 heteroatoms. The van der Waals surface area contributed by atoms with Gasteiger partial charge in [0.15, 0.2) is 6.61 Å². The summed E-state index contributed by atoms with van der Waals surface area (Å²) in [5.41, 5.74) is 1.45. The second-order valence-corrected chi connectivity index (χ2v) is 7.27. The van der Waals surface area contributed by atoms with Crippen LogP contribution in [0.25, 0.3) is 10.9 Å². The van der Waals surface area contributed by atoms with Crippen molar-refractivity contribution in [2.45, 2.75) is 19.5 Å². The molecule has 0 bridgehead atoms. The first-order valence-corrected chi connectivity index (χ1v) is 10.2. The van der Waals surface area contributed by atoms with Crippen molar-refractivity contribution in [3.8, 4) is 5.75 Å². The van der Waals surface area contributed by atoms with E-state index in [0.29, 0.717) is 17.1 Å². The molecule has 0 atom stereocenters. The van der Waals surface area contributed by atoms with Crippen LogP contribution in [-0.2, 0) is 9.53 Å². The summed E-state index contributed by atoms with van der Waals surface area (Å²) in [6.07, 6.45) is 2.04. The number of amides is 1. The van der Waals surface area contributed by atoms with Crippen molar-refractivity contribution in [1.29, 1.82) is 0 Å². The van der Waals surface area contributed by atoms with Crippen molar-refractivity contribution in [2.75, 3.05) is 29.9 Å². The van der Waals surface area contributed by atoms with E-state index in [2.05, 4.69) is 15.0 Å². The Balaban J connectivity index is 1.43. The molecule has 1 N–H and O–H groups in total. The van der Waals surface area contributed by atoms with Gasteiger partial charge >= 0.3 is 12.6 Å². The van der Waals surface area contributed by atoms with E-state index in [1.165, 1.54) is 24.3 Å². The molecule has 166 valence electrons. The van der Waals surface area contributed by atoms with Gasteiger partial charge in [0.1, 0.15) is 17.1 Å². The lowest BCUT2D eigenvalue weighted by atomic mass is 10.1. The van der Waals surface area contributed by atoms with E-state index in [-0.39, 0.29) is 5.75 Å². The molecule has 1 aliphatic heterocycles. The Morgan fingerprint density at radius 1 is 1.06 bits per heavy atom. The molecule has 1 fully saturated rings. The number of halogens is 2. The zero-order valence-corrected chi connectivity index (χ0v) is 17.1. The van der Waals surface area contributed by atoms with Crippen LogP contribution in [0.3, 0.4) is 0 Å². The van der Waals surface area contributed by atoms with Crippen LogP contribution in [-0.4, -0.2) is 43.2 Å². The van der Waals surface area contributed by atoms with Gasteiger partial charge in [-0.3, -0.25) is 4.79 Å². The number of carbonyl (C=O) groups is 2. The number of aromatic nitrogens is 1. The monoisotopic (exact) mass is 441 g/mol. The highest BCUT2D eigenvalue weighted by Gasteiger charge is 2.23. The summed E-state index contributed by atoms with van der Waals surface area (Å²) in [5.74, 6) is -0.665. The van der Waals surface area contributed by atoms with Crippen molar-refractivity contribution in [3.63, 3.8) is 0 Å². The van der Waals surface area contributed by atoms with Crippen LogP contribution in [0.4, 0.5) is 20.3 Å². The van der Waals surface area contributed by atoms with Gasteiger partial charge in [0, 0.05) is 24.2 Å². The van der Waals surface area contributed by atoms with Crippen LogP contribution in [0, 0.1) is 0 Å². The lowest BCUT2D eigenvalue weighted by molar-refractivity contribution is -0.119. The van der Waals surface area contributed by atoms with Gasteiger partial charge in [0.2, 0.25) is 0 Å². The average Bonchev–Trinajstić information content (AvgIpc) is 3.32. The second-order valence-electron chi connectivity index (χ2n) is 7.27. The Bertz CT molecular complexity index is 1120. The maximum Gasteiger partial charge on any atom is 0.387 e. The van der Waals surface area contributed by atoms with Gasteiger partial charge in [-0.1, -0.05) is 18.2 Å². The molecule has 4 rings (SSSR count). The maximum atomic E-state index is 12.8. The maximum absolute atomic E-state index is 12.8. The molecule has 1 aliphatic rings. The average molecular weight is 441 g/mol. The molecule has 1 amide bonds. The number of rotatable bonds is 7. The Labute approximate surface area is 182 Å². The fourth-order valence-corrected chi connectivity index (χ4v) is 3.55. The Morgan fingerprint density at radius 3 is 2.50 bits per heavy atom. The molecule has 0 saturated carbocycles. The molecule has 0 aliphatic carbocycles. The third-order valence-electron chi connectivity index (χ3n) is 5.03. The van der Waals surface area contributed by atoms with Gasteiger partial charge in [-0.2, -0.15) is 8.78 Å². The minimum absolute atomic E-state index is 0.0253. The van der Waals surface area contributed by atoms with E-state index in [0.717, 1.165) is 36.8 Å². The lowest BCUT2D eigenvalue weighted by Gasteiger charge is -2.20. The van der Waals surface area contributed by atoms with Gasteiger partial charge in [0.05, 0.1) is 5.52 Å². The minimum Gasteiger partial charge on any atom is -0.452 e. The third kappa shape index (κ3) is 5.11. The molecular formula is C23H21F2N3O4. The first kappa shape index (κ1) is 21.5. The van der Waals surface area contributed by atoms with Crippen LogP contribution >= 0.6 is 0 Å². The molecule has 1 aromatic heterocycles. The molecule has 7 nitrogen and oxygen atoms in total. The summed E-state index contributed by atoms with van der Waals surface area (Å²) in [6.45, 7) is -1.82. The van der Waals surface area contributed by atoms with Crippen LogP contribution < -0.4 is 15.0 Å². The van der Waals surface area contributed by atoms with Crippen molar-refractivity contribution >= 4 is 34.3 Å². The Kier molecular flexibility index (Phi) is 6.44. The van der Waals surface area contributed by atoms with Gasteiger partial charge in [-0.25, -0.2) is 9.78 Å². The summed E-state index contributed by atoms with van der Waals surface area (Å²) >= 11 is 0.